The van der Waals surface area contributed by atoms with Crippen molar-refractivity contribution in [2.24, 2.45) is 0 Å². The second kappa shape index (κ2) is 6.94. The Kier molecular flexibility index (Phi) is 4.85. The summed E-state index contributed by atoms with van der Waals surface area (Å²) in [6.07, 6.45) is 1.81. The smallest absolute Gasteiger partial charge is 0.267 e. The Morgan fingerprint density at radius 1 is 1.35 bits per heavy atom. The number of anilines is 1. The molecule has 6 nitrogen and oxygen atoms in total. The molecular formula is C18H17N5OS2. The Labute approximate surface area is 159 Å². The van der Waals surface area contributed by atoms with E-state index in [1.54, 1.807) is 11.3 Å². The number of nitrogens with one attached hydrogen (secondary N) is 2. The highest BCUT2D eigenvalue weighted by atomic mass is 32.2. The first-order chi connectivity index (χ1) is 12.4. The van der Waals surface area contributed by atoms with Crippen LogP contribution in [0.4, 0.5) is 5.69 Å². The van der Waals surface area contributed by atoms with Crippen molar-refractivity contribution >= 4 is 39.7 Å². The first kappa shape index (κ1) is 18.2. The summed E-state index contributed by atoms with van der Waals surface area (Å²) in [6, 6.07) is 7.88. The fourth-order valence-electron chi connectivity index (χ4n) is 2.79. The van der Waals surface area contributed by atoms with E-state index in [0.29, 0.717) is 20.6 Å². The summed E-state index contributed by atoms with van der Waals surface area (Å²) >= 11 is 2.54. The molecule has 0 spiro atoms. The van der Waals surface area contributed by atoms with E-state index in [4.69, 9.17) is 5.41 Å². The van der Waals surface area contributed by atoms with Gasteiger partial charge in [-0.05, 0) is 38.2 Å². The molecular weight excluding hydrogens is 366 g/mol. The number of nitriles is 1. The van der Waals surface area contributed by atoms with E-state index < -0.39 is 0 Å². The number of aromatic nitrogens is 2. The van der Waals surface area contributed by atoms with Crippen LogP contribution in [0.3, 0.4) is 0 Å². The standard InChI is InChI=1S/C18H17N5OS2/c1-9-6-5-7-10(2)13(9)21-16(24)14-11(3)23-15(20)12(8-19)17(25-4)22-18(23)26-14/h5-7,20H,1-4H3,(H,21,24). The third kappa shape index (κ3) is 2.89. The minimum absolute atomic E-state index is 0.0572. The molecule has 1 aromatic carbocycles. The first-order valence-corrected chi connectivity index (χ1v) is 9.85. The van der Waals surface area contributed by atoms with Gasteiger partial charge < -0.3 is 5.32 Å². The molecule has 0 fully saturated rings. The minimum atomic E-state index is -0.237. The molecule has 132 valence electrons. The molecule has 2 aromatic heterocycles. The highest BCUT2D eigenvalue weighted by molar-refractivity contribution is 7.98. The van der Waals surface area contributed by atoms with Crippen molar-refractivity contribution in [3.05, 3.63) is 50.9 Å². The van der Waals surface area contributed by atoms with Crippen LogP contribution in [0.15, 0.2) is 23.2 Å². The molecule has 0 aliphatic rings. The molecule has 0 unspecified atom stereocenters. The molecule has 2 heterocycles. The third-order valence-electron chi connectivity index (χ3n) is 4.15. The van der Waals surface area contributed by atoms with Crippen molar-refractivity contribution in [1.82, 2.24) is 9.38 Å². The van der Waals surface area contributed by atoms with Crippen LogP contribution in [0.1, 0.15) is 32.1 Å². The summed E-state index contributed by atoms with van der Waals surface area (Å²) in [5.74, 6) is -0.237. The number of rotatable bonds is 3. The minimum Gasteiger partial charge on any atom is -0.321 e. The average Bonchev–Trinajstić information content (AvgIpc) is 2.95. The van der Waals surface area contributed by atoms with Gasteiger partial charge in [0.05, 0.1) is 0 Å². The molecule has 0 atom stereocenters. The lowest BCUT2D eigenvalue weighted by Gasteiger charge is -2.10. The maximum atomic E-state index is 12.9. The van der Waals surface area contributed by atoms with Crippen LogP contribution in [-0.2, 0) is 0 Å². The van der Waals surface area contributed by atoms with Gasteiger partial charge in [-0.15, -0.1) is 11.8 Å². The maximum absolute atomic E-state index is 12.9. The number of thioether (sulfide) groups is 1. The number of fused-ring (bicyclic) bond motifs is 1. The predicted octanol–water partition coefficient (Wildman–Crippen LogP) is 3.65. The summed E-state index contributed by atoms with van der Waals surface area (Å²) in [4.78, 5) is 18.3. The number of thiazole rings is 1. The van der Waals surface area contributed by atoms with Gasteiger partial charge in [0.2, 0.25) is 0 Å². The van der Waals surface area contributed by atoms with Gasteiger partial charge in [-0.3, -0.25) is 14.6 Å². The van der Waals surface area contributed by atoms with E-state index in [2.05, 4.69) is 10.3 Å². The molecule has 0 aliphatic heterocycles. The third-order valence-corrected chi connectivity index (χ3v) is 5.97. The van der Waals surface area contributed by atoms with Crippen LogP contribution in [0, 0.1) is 37.5 Å². The van der Waals surface area contributed by atoms with Crippen molar-refractivity contribution < 1.29 is 4.79 Å². The zero-order valence-corrected chi connectivity index (χ0v) is 16.4. The van der Waals surface area contributed by atoms with Crippen molar-refractivity contribution in [2.75, 3.05) is 11.6 Å². The summed E-state index contributed by atoms with van der Waals surface area (Å²) in [5.41, 5.74) is 3.65. The molecule has 8 heteroatoms. The normalized spacial score (nSPS) is 10.7. The van der Waals surface area contributed by atoms with Crippen LogP contribution in [0.25, 0.3) is 4.96 Å². The molecule has 3 aromatic rings. The maximum Gasteiger partial charge on any atom is 0.267 e. The summed E-state index contributed by atoms with van der Waals surface area (Å²) in [6.45, 7) is 5.66. The number of benzene rings is 1. The number of amides is 1. The summed E-state index contributed by atoms with van der Waals surface area (Å²) in [5, 5.41) is 21.1. The van der Waals surface area contributed by atoms with E-state index in [0.717, 1.165) is 16.8 Å². The van der Waals surface area contributed by atoms with Gasteiger partial charge in [-0.2, -0.15) is 5.26 Å². The van der Waals surface area contributed by atoms with Crippen LogP contribution in [0.2, 0.25) is 0 Å². The zero-order valence-electron chi connectivity index (χ0n) is 14.8. The Morgan fingerprint density at radius 2 is 2.00 bits per heavy atom. The van der Waals surface area contributed by atoms with E-state index in [-0.39, 0.29) is 17.0 Å². The van der Waals surface area contributed by atoms with Gasteiger partial charge in [0.1, 0.15) is 21.5 Å². The molecule has 1 amide bonds. The monoisotopic (exact) mass is 383 g/mol. The second-order valence-electron chi connectivity index (χ2n) is 5.81. The number of para-hydroxylation sites is 1. The van der Waals surface area contributed by atoms with Gasteiger partial charge in [-0.1, -0.05) is 29.5 Å². The van der Waals surface area contributed by atoms with Gasteiger partial charge in [0, 0.05) is 11.4 Å². The number of nitrogens with zero attached hydrogens (tertiary/aromatic N) is 3. The van der Waals surface area contributed by atoms with E-state index in [9.17, 15) is 10.1 Å². The molecule has 0 bridgehead atoms. The van der Waals surface area contributed by atoms with Crippen molar-refractivity contribution in [1.29, 1.82) is 10.7 Å². The highest BCUT2D eigenvalue weighted by Gasteiger charge is 2.20. The molecule has 0 saturated heterocycles. The largest absolute Gasteiger partial charge is 0.321 e. The van der Waals surface area contributed by atoms with E-state index in [1.807, 2.05) is 44.4 Å². The number of hydrogen-bond donors (Lipinski definition) is 2. The van der Waals surface area contributed by atoms with Gasteiger partial charge in [-0.25, -0.2) is 4.98 Å². The number of hydrogen-bond acceptors (Lipinski definition) is 6. The number of carbonyl (C=O) groups excluding carboxylic acids is 1. The Hall–Kier alpha value is -2.63. The lowest BCUT2D eigenvalue weighted by atomic mass is 10.1. The number of carbonyl (C=O) groups is 1. The van der Waals surface area contributed by atoms with Crippen molar-refractivity contribution in [2.45, 2.75) is 25.8 Å². The van der Waals surface area contributed by atoms with Crippen LogP contribution >= 0.6 is 23.1 Å². The predicted molar refractivity (Wildman–Crippen MR) is 104 cm³/mol. The van der Waals surface area contributed by atoms with E-state index >= 15 is 0 Å². The Bertz CT molecular complexity index is 1120. The van der Waals surface area contributed by atoms with E-state index in [1.165, 1.54) is 23.1 Å². The average molecular weight is 384 g/mol. The topological polar surface area (TPSA) is 94.0 Å². The van der Waals surface area contributed by atoms with Crippen molar-refractivity contribution in [3.63, 3.8) is 0 Å². The molecule has 2 N–H and O–H groups in total. The lowest BCUT2D eigenvalue weighted by Crippen LogP contribution is -2.20. The molecule has 0 aliphatic carbocycles. The SMILES string of the molecule is CSc1nc2sc(C(=O)Nc3c(C)cccc3C)c(C)n2c(=N)c1C#N. The molecule has 0 radical (unpaired) electrons. The van der Waals surface area contributed by atoms with Gasteiger partial charge in [0.15, 0.2) is 10.4 Å². The van der Waals surface area contributed by atoms with Crippen LogP contribution < -0.4 is 10.8 Å². The van der Waals surface area contributed by atoms with Crippen molar-refractivity contribution in [3.8, 4) is 6.07 Å². The molecule has 0 saturated carbocycles. The summed E-state index contributed by atoms with van der Waals surface area (Å²) < 4.78 is 1.56. The molecule has 3 rings (SSSR count). The quantitative estimate of drug-likeness (QED) is 0.533. The lowest BCUT2D eigenvalue weighted by molar-refractivity contribution is 0.102. The Balaban J connectivity index is 2.13. The second-order valence-corrected chi connectivity index (χ2v) is 7.58. The van der Waals surface area contributed by atoms with Gasteiger partial charge >= 0.3 is 0 Å². The van der Waals surface area contributed by atoms with Crippen LogP contribution in [0.5, 0.6) is 0 Å². The Morgan fingerprint density at radius 3 is 2.58 bits per heavy atom. The summed E-state index contributed by atoms with van der Waals surface area (Å²) in [7, 11) is 0. The fourth-order valence-corrected chi connectivity index (χ4v) is 4.39. The zero-order chi connectivity index (χ0) is 19.0. The highest BCUT2D eigenvalue weighted by Crippen LogP contribution is 2.26. The molecule has 26 heavy (non-hydrogen) atoms. The van der Waals surface area contributed by atoms with Crippen LogP contribution in [-0.4, -0.2) is 21.5 Å². The first-order valence-electron chi connectivity index (χ1n) is 7.81. The fraction of sp³-hybridized carbons (Fsp3) is 0.222. The number of aryl methyl sites for hydroxylation is 3. The van der Waals surface area contributed by atoms with Gasteiger partial charge in [0.25, 0.3) is 5.91 Å².